The van der Waals surface area contributed by atoms with Crippen LogP contribution in [0, 0.1) is 0 Å². The summed E-state index contributed by atoms with van der Waals surface area (Å²) in [6.45, 7) is 0. The van der Waals surface area contributed by atoms with Crippen molar-refractivity contribution in [2.45, 2.75) is 5.72 Å². The molecule has 1 aliphatic carbocycles. The maximum absolute atomic E-state index is 12.1. The molecule has 1 aromatic carbocycles. The second kappa shape index (κ2) is 6.30. The smallest absolute Gasteiger partial charge is 0.322 e. The van der Waals surface area contributed by atoms with Crippen molar-refractivity contribution in [3.05, 3.63) is 52.5 Å². The van der Waals surface area contributed by atoms with Gasteiger partial charge in [-0.25, -0.2) is 4.79 Å². The molecule has 2 N–H and O–H groups in total. The van der Waals surface area contributed by atoms with Crippen molar-refractivity contribution in [2.24, 2.45) is 0 Å². The third-order valence-electron chi connectivity index (χ3n) is 2.84. The average molecular weight is 327 g/mol. The number of urea groups is 1. The Bertz CT molecular complexity index is 604. The number of carbonyl (C=O) groups excluding carboxylic acids is 2. The summed E-state index contributed by atoms with van der Waals surface area (Å²) < 4.78 is 5.24. The highest BCUT2D eigenvalue weighted by Gasteiger charge is 2.42. The van der Waals surface area contributed by atoms with Crippen LogP contribution in [-0.2, 0) is 9.53 Å². The maximum Gasteiger partial charge on any atom is 0.322 e. The topological polar surface area (TPSA) is 67.4 Å². The Morgan fingerprint density at radius 3 is 2.24 bits per heavy atom. The number of allylic oxidation sites excluding steroid dienone is 2. The van der Waals surface area contributed by atoms with E-state index in [0.717, 1.165) is 12.2 Å². The number of amides is 2. The molecule has 0 aliphatic heterocycles. The number of ketones is 1. The summed E-state index contributed by atoms with van der Waals surface area (Å²) in [5.74, 6) is -0.372. The number of carbonyl (C=O) groups is 2. The van der Waals surface area contributed by atoms with Crippen LogP contribution in [0.15, 0.2) is 52.5 Å². The molecule has 0 saturated heterocycles. The van der Waals surface area contributed by atoms with E-state index < -0.39 is 11.8 Å². The highest BCUT2D eigenvalue weighted by atomic mass is 35.5. The molecule has 0 spiro atoms. The molecule has 0 heterocycles. The van der Waals surface area contributed by atoms with Crippen LogP contribution in [-0.4, -0.2) is 24.6 Å². The number of anilines is 1. The Labute approximate surface area is 131 Å². The Balaban J connectivity index is 2.19. The van der Waals surface area contributed by atoms with Crippen molar-refractivity contribution in [3.63, 3.8) is 0 Å². The number of nitrogens with one attached hydrogen (secondary N) is 2. The molecular formula is C14H12Cl2N2O3. The first-order chi connectivity index (χ1) is 9.98. The molecule has 110 valence electrons. The minimum atomic E-state index is -1.56. The molecule has 0 bridgehead atoms. The van der Waals surface area contributed by atoms with Crippen LogP contribution >= 0.6 is 23.2 Å². The molecule has 0 fully saturated rings. The van der Waals surface area contributed by atoms with Gasteiger partial charge in [-0.3, -0.25) is 4.79 Å². The second-order valence-electron chi connectivity index (χ2n) is 4.22. The van der Waals surface area contributed by atoms with Crippen LogP contribution in [0.4, 0.5) is 10.5 Å². The quantitative estimate of drug-likeness (QED) is 0.839. The Morgan fingerprint density at radius 1 is 1.14 bits per heavy atom. The Kier molecular flexibility index (Phi) is 4.67. The van der Waals surface area contributed by atoms with Crippen LogP contribution in [0.3, 0.4) is 0 Å². The SMILES string of the molecule is COC1(NC(=O)Nc2ccccc2)C(Cl)=CC(=O)C=C1Cl. The lowest BCUT2D eigenvalue weighted by Crippen LogP contribution is -2.53. The zero-order valence-corrected chi connectivity index (χ0v) is 12.5. The van der Waals surface area contributed by atoms with Gasteiger partial charge in [0.05, 0.1) is 10.1 Å². The first kappa shape index (κ1) is 15.6. The summed E-state index contributed by atoms with van der Waals surface area (Å²) in [5, 5.41) is 5.09. The number of ether oxygens (including phenoxy) is 1. The van der Waals surface area contributed by atoms with Crippen molar-refractivity contribution in [3.8, 4) is 0 Å². The molecular weight excluding hydrogens is 315 g/mol. The number of para-hydroxylation sites is 1. The van der Waals surface area contributed by atoms with E-state index in [1.54, 1.807) is 24.3 Å². The van der Waals surface area contributed by atoms with E-state index in [2.05, 4.69) is 10.6 Å². The van der Waals surface area contributed by atoms with Crippen molar-refractivity contribution < 1.29 is 14.3 Å². The van der Waals surface area contributed by atoms with Gasteiger partial charge >= 0.3 is 6.03 Å². The monoisotopic (exact) mass is 326 g/mol. The molecule has 1 aromatic rings. The lowest BCUT2D eigenvalue weighted by Gasteiger charge is -2.33. The zero-order chi connectivity index (χ0) is 15.5. The number of methoxy groups -OCH3 is 1. The average Bonchev–Trinajstić information content (AvgIpc) is 2.44. The fourth-order valence-electron chi connectivity index (χ4n) is 1.82. The Morgan fingerprint density at radius 2 is 1.71 bits per heavy atom. The molecule has 1 aliphatic rings. The van der Waals surface area contributed by atoms with Crippen LogP contribution in [0.5, 0.6) is 0 Å². The van der Waals surface area contributed by atoms with Crippen LogP contribution in [0.1, 0.15) is 0 Å². The first-order valence-corrected chi connectivity index (χ1v) is 6.72. The van der Waals surface area contributed by atoms with Crippen molar-refractivity contribution in [2.75, 3.05) is 12.4 Å². The molecule has 2 rings (SSSR count). The first-order valence-electron chi connectivity index (χ1n) is 5.96. The summed E-state index contributed by atoms with van der Waals surface area (Å²) >= 11 is 12.0. The zero-order valence-electron chi connectivity index (χ0n) is 11.0. The summed E-state index contributed by atoms with van der Waals surface area (Å²) in [5.41, 5.74) is -0.969. The van der Waals surface area contributed by atoms with E-state index in [1.807, 2.05) is 6.07 Å². The molecule has 0 radical (unpaired) electrons. The third kappa shape index (κ3) is 3.26. The normalized spacial score (nSPS) is 16.8. The van der Waals surface area contributed by atoms with Gasteiger partial charge in [0.25, 0.3) is 0 Å². The predicted molar refractivity (Wildman–Crippen MR) is 81.2 cm³/mol. The standard InChI is InChI=1S/C14H12Cl2N2O3/c1-21-14(11(15)7-10(19)8-12(14)16)18-13(20)17-9-5-3-2-4-6-9/h2-8H,1H3,(H2,17,18,20). The minimum Gasteiger partial charge on any atom is -0.349 e. The molecule has 7 heteroatoms. The number of hydrogen-bond acceptors (Lipinski definition) is 3. The van der Waals surface area contributed by atoms with Crippen LogP contribution < -0.4 is 10.6 Å². The molecule has 0 saturated carbocycles. The van der Waals surface area contributed by atoms with E-state index in [4.69, 9.17) is 27.9 Å². The van der Waals surface area contributed by atoms with Crippen molar-refractivity contribution in [1.29, 1.82) is 0 Å². The summed E-state index contributed by atoms with van der Waals surface area (Å²) in [6.07, 6.45) is 2.28. The highest BCUT2D eigenvalue weighted by molar-refractivity contribution is 6.39. The van der Waals surface area contributed by atoms with Gasteiger partial charge < -0.3 is 15.4 Å². The van der Waals surface area contributed by atoms with Gasteiger partial charge in [0.1, 0.15) is 0 Å². The van der Waals surface area contributed by atoms with Gasteiger partial charge in [0.2, 0.25) is 5.72 Å². The molecule has 0 unspecified atom stereocenters. The summed E-state index contributed by atoms with van der Waals surface area (Å²) in [4.78, 5) is 23.4. The predicted octanol–water partition coefficient (Wildman–Crippen LogP) is 2.98. The van der Waals surface area contributed by atoms with Crippen LogP contribution in [0.25, 0.3) is 0 Å². The van der Waals surface area contributed by atoms with Crippen LogP contribution in [0.2, 0.25) is 0 Å². The van der Waals surface area contributed by atoms with E-state index in [9.17, 15) is 9.59 Å². The fourth-order valence-corrected chi connectivity index (χ4v) is 2.53. The summed E-state index contributed by atoms with van der Waals surface area (Å²) in [7, 11) is 1.32. The minimum absolute atomic E-state index is 0.0225. The van der Waals surface area contributed by atoms with Gasteiger partial charge in [-0.15, -0.1) is 0 Å². The van der Waals surface area contributed by atoms with E-state index >= 15 is 0 Å². The Hall–Kier alpha value is -1.82. The second-order valence-corrected chi connectivity index (χ2v) is 5.03. The van der Waals surface area contributed by atoms with Crippen molar-refractivity contribution in [1.82, 2.24) is 5.32 Å². The maximum atomic E-state index is 12.1. The van der Waals surface area contributed by atoms with Gasteiger partial charge in [-0.05, 0) is 12.1 Å². The largest absolute Gasteiger partial charge is 0.349 e. The molecule has 0 atom stereocenters. The van der Waals surface area contributed by atoms with E-state index in [-0.39, 0.29) is 15.8 Å². The lowest BCUT2D eigenvalue weighted by molar-refractivity contribution is -0.111. The number of halogens is 2. The van der Waals surface area contributed by atoms with Crippen molar-refractivity contribution >= 4 is 40.7 Å². The summed E-state index contributed by atoms with van der Waals surface area (Å²) in [6, 6.07) is 8.25. The number of rotatable bonds is 3. The molecule has 21 heavy (non-hydrogen) atoms. The molecule has 5 nitrogen and oxygen atoms in total. The fraction of sp³-hybridized carbons (Fsp3) is 0.143. The van der Waals surface area contributed by atoms with Gasteiger partial charge in [0.15, 0.2) is 5.78 Å². The lowest BCUT2D eigenvalue weighted by atomic mass is 10.1. The van der Waals surface area contributed by atoms with Gasteiger partial charge in [0, 0.05) is 24.9 Å². The van der Waals surface area contributed by atoms with Gasteiger partial charge in [-0.1, -0.05) is 41.4 Å². The molecule has 2 amide bonds. The van der Waals surface area contributed by atoms with E-state index in [1.165, 1.54) is 7.11 Å². The number of benzene rings is 1. The number of hydrogen-bond donors (Lipinski definition) is 2. The molecule has 0 aromatic heterocycles. The highest BCUT2D eigenvalue weighted by Crippen LogP contribution is 2.35. The third-order valence-corrected chi connectivity index (χ3v) is 3.59. The van der Waals surface area contributed by atoms with E-state index in [0.29, 0.717) is 5.69 Å². The van der Waals surface area contributed by atoms with Gasteiger partial charge in [-0.2, -0.15) is 0 Å².